The van der Waals surface area contributed by atoms with Crippen LogP contribution in [-0.2, 0) is 16.1 Å². The molecule has 6 nitrogen and oxygen atoms in total. The second-order valence-corrected chi connectivity index (χ2v) is 4.94. The van der Waals surface area contributed by atoms with Crippen molar-refractivity contribution in [1.29, 1.82) is 0 Å². The first-order chi connectivity index (χ1) is 9.66. The van der Waals surface area contributed by atoms with Crippen molar-refractivity contribution in [1.82, 2.24) is 14.5 Å². The number of hydrogen-bond donors (Lipinski definition) is 1. The van der Waals surface area contributed by atoms with Gasteiger partial charge in [0.05, 0.1) is 17.4 Å². The van der Waals surface area contributed by atoms with E-state index in [0.29, 0.717) is 13.0 Å². The van der Waals surface area contributed by atoms with Crippen LogP contribution in [0.25, 0.3) is 11.0 Å². The second-order valence-electron chi connectivity index (χ2n) is 4.94. The molecule has 6 heteroatoms. The fourth-order valence-corrected chi connectivity index (χ4v) is 2.69. The smallest absolute Gasteiger partial charge is 0.326 e. The number of carboxylic acid groups (broad SMARTS) is 1. The van der Waals surface area contributed by atoms with Crippen molar-refractivity contribution in [3.63, 3.8) is 0 Å². The van der Waals surface area contributed by atoms with Crippen LogP contribution in [-0.4, -0.2) is 44.0 Å². The molecule has 104 valence electrons. The van der Waals surface area contributed by atoms with Crippen LogP contribution in [0.3, 0.4) is 0 Å². The molecule has 2 aromatic rings. The quantitative estimate of drug-likeness (QED) is 0.909. The van der Waals surface area contributed by atoms with Crippen molar-refractivity contribution in [3.8, 4) is 0 Å². The highest BCUT2D eigenvalue weighted by Crippen LogP contribution is 2.19. The number of carboxylic acids is 1. The lowest BCUT2D eigenvalue weighted by molar-refractivity contribution is -0.148. The van der Waals surface area contributed by atoms with E-state index in [1.54, 1.807) is 10.9 Å². The maximum atomic E-state index is 12.3. The Hall–Kier alpha value is -2.37. The van der Waals surface area contributed by atoms with Gasteiger partial charge < -0.3 is 14.6 Å². The molecule has 0 saturated carbocycles. The van der Waals surface area contributed by atoms with Crippen LogP contribution in [0.2, 0.25) is 0 Å². The lowest BCUT2D eigenvalue weighted by Crippen LogP contribution is -2.41. The number of aliphatic carboxylic acids is 1. The average Bonchev–Trinajstić information content (AvgIpc) is 3.06. The van der Waals surface area contributed by atoms with Gasteiger partial charge in [0.25, 0.3) is 0 Å². The first-order valence-corrected chi connectivity index (χ1v) is 6.59. The van der Waals surface area contributed by atoms with Gasteiger partial charge in [-0.1, -0.05) is 12.1 Å². The number of para-hydroxylation sites is 2. The summed E-state index contributed by atoms with van der Waals surface area (Å²) < 4.78 is 1.76. The van der Waals surface area contributed by atoms with Crippen LogP contribution in [0, 0.1) is 0 Å². The molecule has 1 atom stereocenters. The Morgan fingerprint density at radius 2 is 2.15 bits per heavy atom. The van der Waals surface area contributed by atoms with E-state index in [0.717, 1.165) is 17.5 Å². The minimum atomic E-state index is -0.925. The number of carbonyl (C=O) groups is 2. The minimum absolute atomic E-state index is 0.129. The van der Waals surface area contributed by atoms with Crippen LogP contribution in [0.5, 0.6) is 0 Å². The molecule has 1 N–H and O–H groups in total. The first-order valence-electron chi connectivity index (χ1n) is 6.59. The summed E-state index contributed by atoms with van der Waals surface area (Å²) in [6.07, 6.45) is 2.90. The molecule has 3 rings (SSSR count). The van der Waals surface area contributed by atoms with Gasteiger partial charge in [0.15, 0.2) is 0 Å². The van der Waals surface area contributed by atoms with Crippen molar-refractivity contribution >= 4 is 22.9 Å². The maximum Gasteiger partial charge on any atom is 0.326 e. The van der Waals surface area contributed by atoms with Crippen molar-refractivity contribution in [3.05, 3.63) is 30.6 Å². The first kappa shape index (κ1) is 12.7. The third-order valence-corrected chi connectivity index (χ3v) is 3.69. The molecule has 1 amide bonds. The van der Waals surface area contributed by atoms with Gasteiger partial charge in [-0.2, -0.15) is 0 Å². The zero-order valence-electron chi connectivity index (χ0n) is 10.9. The molecule has 0 aliphatic carbocycles. The highest BCUT2D eigenvalue weighted by molar-refractivity contribution is 5.85. The van der Waals surface area contributed by atoms with Gasteiger partial charge in [0, 0.05) is 6.54 Å². The molecule has 1 aromatic carbocycles. The molecule has 0 unspecified atom stereocenters. The molecule has 1 aliphatic rings. The SMILES string of the molecule is O=C(O)[C@@H]1CCCN1C(=O)Cn1cnc2ccccc21. The number of benzene rings is 1. The summed E-state index contributed by atoms with van der Waals surface area (Å²) in [6, 6.07) is 6.88. The third kappa shape index (κ3) is 2.13. The summed E-state index contributed by atoms with van der Waals surface area (Å²) >= 11 is 0. The molecule has 20 heavy (non-hydrogen) atoms. The number of imidazole rings is 1. The molecule has 0 bridgehead atoms. The molecule has 0 radical (unpaired) electrons. The number of amides is 1. The molecule has 2 heterocycles. The van der Waals surface area contributed by atoms with Crippen LogP contribution < -0.4 is 0 Å². The van der Waals surface area contributed by atoms with Crippen LogP contribution in [0.4, 0.5) is 0 Å². The average molecular weight is 273 g/mol. The number of fused-ring (bicyclic) bond motifs is 1. The molecule has 1 saturated heterocycles. The zero-order chi connectivity index (χ0) is 14.1. The van der Waals surface area contributed by atoms with Gasteiger partial charge >= 0.3 is 5.97 Å². The summed E-state index contributed by atoms with van der Waals surface area (Å²) in [5.74, 6) is -1.09. The number of nitrogens with zero attached hydrogens (tertiary/aromatic N) is 3. The topological polar surface area (TPSA) is 75.4 Å². The monoisotopic (exact) mass is 273 g/mol. The Balaban J connectivity index is 1.80. The normalized spacial score (nSPS) is 18.6. The Morgan fingerprint density at radius 1 is 1.35 bits per heavy atom. The number of hydrogen-bond acceptors (Lipinski definition) is 3. The molecule has 1 aromatic heterocycles. The summed E-state index contributed by atoms with van der Waals surface area (Å²) in [4.78, 5) is 29.1. The van der Waals surface area contributed by atoms with Crippen molar-refractivity contribution in [2.75, 3.05) is 6.54 Å². The summed E-state index contributed by atoms with van der Waals surface area (Å²) in [7, 11) is 0. The zero-order valence-corrected chi connectivity index (χ0v) is 10.9. The Bertz CT molecular complexity index is 664. The van der Waals surface area contributed by atoms with Crippen LogP contribution in [0.1, 0.15) is 12.8 Å². The van der Waals surface area contributed by atoms with E-state index in [1.807, 2.05) is 24.3 Å². The molecular weight excluding hydrogens is 258 g/mol. The predicted octanol–water partition coefficient (Wildman–Crippen LogP) is 1.11. The van der Waals surface area contributed by atoms with E-state index in [4.69, 9.17) is 5.11 Å². The number of carbonyl (C=O) groups excluding carboxylic acids is 1. The van der Waals surface area contributed by atoms with E-state index in [2.05, 4.69) is 4.98 Å². The van der Waals surface area contributed by atoms with Gasteiger partial charge in [0.2, 0.25) is 5.91 Å². The molecular formula is C14H15N3O3. The predicted molar refractivity (Wildman–Crippen MR) is 72.1 cm³/mol. The lowest BCUT2D eigenvalue weighted by atomic mass is 10.2. The number of likely N-dealkylation sites (tertiary alicyclic amines) is 1. The number of aromatic nitrogens is 2. The van der Waals surface area contributed by atoms with E-state index in [9.17, 15) is 9.59 Å². The fourth-order valence-electron chi connectivity index (χ4n) is 2.69. The van der Waals surface area contributed by atoms with Gasteiger partial charge in [-0.15, -0.1) is 0 Å². The van der Waals surface area contributed by atoms with Crippen LogP contribution in [0.15, 0.2) is 30.6 Å². The fraction of sp³-hybridized carbons (Fsp3) is 0.357. The maximum absolute atomic E-state index is 12.3. The van der Waals surface area contributed by atoms with E-state index < -0.39 is 12.0 Å². The second kappa shape index (κ2) is 4.96. The van der Waals surface area contributed by atoms with Gasteiger partial charge in [-0.25, -0.2) is 9.78 Å². The summed E-state index contributed by atoms with van der Waals surface area (Å²) in [5.41, 5.74) is 1.71. The molecule has 0 spiro atoms. The third-order valence-electron chi connectivity index (χ3n) is 3.69. The van der Waals surface area contributed by atoms with E-state index in [-0.39, 0.29) is 12.5 Å². The van der Waals surface area contributed by atoms with Gasteiger partial charge in [-0.3, -0.25) is 4.79 Å². The number of rotatable bonds is 3. The Labute approximate surface area is 115 Å². The largest absolute Gasteiger partial charge is 0.480 e. The molecule has 1 fully saturated rings. The highest BCUT2D eigenvalue weighted by Gasteiger charge is 2.33. The summed E-state index contributed by atoms with van der Waals surface area (Å²) in [6.45, 7) is 0.646. The summed E-state index contributed by atoms with van der Waals surface area (Å²) in [5, 5.41) is 9.12. The molecule has 1 aliphatic heterocycles. The van der Waals surface area contributed by atoms with Gasteiger partial charge in [-0.05, 0) is 25.0 Å². The standard InChI is InChI=1S/C14H15N3O3/c18-13(17-7-3-6-12(17)14(19)20)8-16-9-15-10-4-1-2-5-11(10)16/h1-2,4-5,9,12H,3,6-8H2,(H,19,20)/t12-/m0/s1. The Morgan fingerprint density at radius 3 is 2.95 bits per heavy atom. The van der Waals surface area contributed by atoms with Gasteiger partial charge in [0.1, 0.15) is 12.6 Å². The van der Waals surface area contributed by atoms with Crippen LogP contribution >= 0.6 is 0 Å². The Kier molecular flexibility index (Phi) is 3.14. The van der Waals surface area contributed by atoms with Crippen molar-refractivity contribution in [2.45, 2.75) is 25.4 Å². The minimum Gasteiger partial charge on any atom is -0.480 e. The lowest BCUT2D eigenvalue weighted by Gasteiger charge is -2.21. The van der Waals surface area contributed by atoms with Crippen molar-refractivity contribution in [2.24, 2.45) is 0 Å². The van der Waals surface area contributed by atoms with Crippen molar-refractivity contribution < 1.29 is 14.7 Å². The van der Waals surface area contributed by atoms with E-state index in [1.165, 1.54) is 4.90 Å². The highest BCUT2D eigenvalue weighted by atomic mass is 16.4. The van der Waals surface area contributed by atoms with E-state index >= 15 is 0 Å².